The molecule has 0 aromatic carbocycles. The second-order valence-electron chi connectivity index (χ2n) is 22.3. The Labute approximate surface area is 506 Å². The minimum absolute atomic E-state index is 0.115. The summed E-state index contributed by atoms with van der Waals surface area (Å²) in [4.78, 5) is 38.3. The molecule has 0 aromatic heterocycles. The molecule has 1 unspecified atom stereocenters. The normalized spacial score (nSPS) is 13.0. The van der Waals surface area contributed by atoms with Crippen molar-refractivity contribution >= 4 is 17.9 Å². The highest BCUT2D eigenvalue weighted by Crippen LogP contribution is 2.16. The molecule has 0 amide bonds. The quantitative estimate of drug-likeness (QED) is 0.0261. The van der Waals surface area contributed by atoms with E-state index in [4.69, 9.17) is 14.2 Å². The molecule has 0 aromatic rings. The van der Waals surface area contributed by atoms with Crippen molar-refractivity contribution in [3.8, 4) is 0 Å². The number of ether oxygens (including phenoxy) is 3. The molecule has 0 fully saturated rings. The van der Waals surface area contributed by atoms with Crippen LogP contribution >= 0.6 is 0 Å². The van der Waals surface area contributed by atoms with Crippen molar-refractivity contribution in [3.05, 3.63) is 134 Å². The van der Waals surface area contributed by atoms with Gasteiger partial charge in [-0.1, -0.05) is 302 Å². The van der Waals surface area contributed by atoms with E-state index >= 15 is 0 Å². The Morgan fingerprint density at radius 2 is 0.512 bits per heavy atom. The summed E-state index contributed by atoms with van der Waals surface area (Å²) in [6.45, 7) is 6.42. The van der Waals surface area contributed by atoms with Crippen LogP contribution in [0.15, 0.2) is 134 Å². The fraction of sp³-hybridized carbons (Fsp3) is 0.671. The summed E-state index contributed by atoms with van der Waals surface area (Å²) in [6, 6.07) is 0. The Morgan fingerprint density at radius 3 is 0.829 bits per heavy atom. The monoisotopic (exact) mass is 1130 g/mol. The van der Waals surface area contributed by atoms with Gasteiger partial charge in [0.15, 0.2) is 6.10 Å². The van der Waals surface area contributed by atoms with Crippen molar-refractivity contribution in [3.63, 3.8) is 0 Å². The van der Waals surface area contributed by atoms with Crippen LogP contribution in [0.25, 0.3) is 0 Å². The van der Waals surface area contributed by atoms with Crippen LogP contribution in [0.4, 0.5) is 0 Å². The van der Waals surface area contributed by atoms with Gasteiger partial charge in [-0.25, -0.2) is 0 Å². The van der Waals surface area contributed by atoms with Crippen LogP contribution in [0.1, 0.15) is 310 Å². The number of carbonyl (C=O) groups excluding carboxylic acids is 3. The smallest absolute Gasteiger partial charge is 0.306 e. The number of hydrogen-bond acceptors (Lipinski definition) is 6. The molecule has 1 atom stereocenters. The van der Waals surface area contributed by atoms with Crippen molar-refractivity contribution < 1.29 is 28.6 Å². The van der Waals surface area contributed by atoms with E-state index in [1.807, 2.05) is 6.08 Å². The van der Waals surface area contributed by atoms with Crippen LogP contribution < -0.4 is 0 Å². The van der Waals surface area contributed by atoms with Crippen LogP contribution in [-0.4, -0.2) is 37.2 Å². The van der Waals surface area contributed by atoms with Crippen LogP contribution in [-0.2, 0) is 28.6 Å². The number of rotatable bonds is 61. The van der Waals surface area contributed by atoms with Crippen molar-refractivity contribution in [2.45, 2.75) is 316 Å². The van der Waals surface area contributed by atoms with E-state index in [1.54, 1.807) is 0 Å². The van der Waals surface area contributed by atoms with Gasteiger partial charge < -0.3 is 14.2 Å². The number of allylic oxidation sites excluding steroid dienone is 22. The fourth-order valence-electron chi connectivity index (χ4n) is 9.26. The van der Waals surface area contributed by atoms with Gasteiger partial charge in [-0.3, -0.25) is 14.4 Å². The summed E-state index contributed by atoms with van der Waals surface area (Å²) in [7, 11) is 0. The van der Waals surface area contributed by atoms with Gasteiger partial charge in [-0.2, -0.15) is 0 Å². The van der Waals surface area contributed by atoms with Gasteiger partial charge in [0.05, 0.1) is 0 Å². The standard InChI is InChI=1S/C76H126O6/c1-4-7-10-13-16-19-22-25-28-30-32-33-34-35-36-37-38-39-40-41-42-43-45-46-48-51-54-57-60-63-66-69-75(78)81-72-73(71-80-74(77)68-65-62-59-56-53-50-27-24-21-18-15-12-9-6-3)82-76(79)70-67-64-61-58-55-52-49-47-44-31-29-26-23-20-17-14-11-8-5-2/h8,11,15,17-18,20,22,24-27,29-30,32,34-35,44,47,52,55,61,64,73H,4-7,9-10,12-14,16,19,21,23,28,31,33,36-43,45-46,48-51,53-54,56-60,62-63,65-72H2,1-3H3/b11-8-,18-15-,20-17-,25-22-,27-24-,29-26-,32-30-,35-34-,47-44-,55-52-,64-61-. The fourth-order valence-corrected chi connectivity index (χ4v) is 9.26. The van der Waals surface area contributed by atoms with Crippen LogP contribution in [0.3, 0.4) is 0 Å². The SMILES string of the molecule is CC/C=C\C/C=C\C/C=C\C/C=C\C/C=C\C/C=C\CCC(=O)OC(COC(=O)CCCCCCC/C=C\C/C=C\CCCC)COC(=O)CCCCCCCCCCCCCCCCCC/C=C\C/C=C\C/C=C\CCCCCCC. The molecule has 0 N–H and O–H groups in total. The van der Waals surface area contributed by atoms with Crippen LogP contribution in [0.5, 0.6) is 0 Å². The van der Waals surface area contributed by atoms with Crippen molar-refractivity contribution in [2.24, 2.45) is 0 Å². The summed E-state index contributed by atoms with van der Waals surface area (Å²) >= 11 is 0. The van der Waals surface area contributed by atoms with Gasteiger partial charge >= 0.3 is 17.9 Å². The number of hydrogen-bond donors (Lipinski definition) is 0. The molecule has 0 radical (unpaired) electrons. The molecule has 0 saturated carbocycles. The molecule has 6 nitrogen and oxygen atoms in total. The summed E-state index contributed by atoms with van der Waals surface area (Å²) in [5.41, 5.74) is 0. The zero-order chi connectivity index (χ0) is 59.2. The van der Waals surface area contributed by atoms with Gasteiger partial charge in [-0.15, -0.1) is 0 Å². The lowest BCUT2D eigenvalue weighted by atomic mass is 10.0. The van der Waals surface area contributed by atoms with Gasteiger partial charge in [0.2, 0.25) is 0 Å². The lowest BCUT2D eigenvalue weighted by molar-refractivity contribution is -0.166. The molecule has 82 heavy (non-hydrogen) atoms. The highest BCUT2D eigenvalue weighted by molar-refractivity contribution is 5.71. The molecule has 0 aliphatic rings. The van der Waals surface area contributed by atoms with E-state index in [9.17, 15) is 14.4 Å². The Bertz CT molecular complexity index is 1730. The molecule has 0 aliphatic carbocycles. The number of esters is 3. The predicted molar refractivity (Wildman–Crippen MR) is 357 cm³/mol. The summed E-state index contributed by atoms with van der Waals surface area (Å²) < 4.78 is 16.9. The molecule has 0 bridgehead atoms. The second kappa shape index (κ2) is 69.0. The largest absolute Gasteiger partial charge is 0.462 e. The third-order valence-electron chi connectivity index (χ3n) is 14.4. The molecule has 6 heteroatoms. The minimum atomic E-state index is -0.830. The maximum absolute atomic E-state index is 12.9. The third-order valence-corrected chi connectivity index (χ3v) is 14.4. The van der Waals surface area contributed by atoms with Crippen molar-refractivity contribution in [2.75, 3.05) is 13.2 Å². The molecule has 0 spiro atoms. The van der Waals surface area contributed by atoms with E-state index in [0.29, 0.717) is 19.3 Å². The summed E-state index contributed by atoms with van der Waals surface area (Å²) in [5, 5.41) is 0. The summed E-state index contributed by atoms with van der Waals surface area (Å²) in [6.07, 6.45) is 97.8. The van der Waals surface area contributed by atoms with E-state index in [1.165, 1.54) is 148 Å². The Hall–Kier alpha value is -4.45. The maximum Gasteiger partial charge on any atom is 0.306 e. The molecular weight excluding hydrogens is 1010 g/mol. The van der Waals surface area contributed by atoms with Gasteiger partial charge in [0.25, 0.3) is 0 Å². The second-order valence-corrected chi connectivity index (χ2v) is 22.3. The number of carbonyl (C=O) groups is 3. The Kier molecular flexibility index (Phi) is 65.3. The van der Waals surface area contributed by atoms with Crippen LogP contribution in [0.2, 0.25) is 0 Å². The van der Waals surface area contributed by atoms with E-state index in [2.05, 4.69) is 148 Å². The first kappa shape index (κ1) is 77.5. The molecule has 0 rings (SSSR count). The Balaban J connectivity index is 4.33. The zero-order valence-corrected chi connectivity index (χ0v) is 53.5. The molecule has 0 aliphatic heterocycles. The Morgan fingerprint density at radius 1 is 0.256 bits per heavy atom. The van der Waals surface area contributed by atoms with Gasteiger partial charge in [0, 0.05) is 19.3 Å². The van der Waals surface area contributed by atoms with Gasteiger partial charge in [0.1, 0.15) is 13.2 Å². The first-order valence-corrected chi connectivity index (χ1v) is 34.2. The first-order valence-electron chi connectivity index (χ1n) is 34.2. The topological polar surface area (TPSA) is 78.9 Å². The maximum atomic E-state index is 12.9. The lowest BCUT2D eigenvalue weighted by Crippen LogP contribution is -2.30. The predicted octanol–water partition coefficient (Wildman–Crippen LogP) is 23.7. The number of unbranched alkanes of at least 4 members (excludes halogenated alkanes) is 28. The molecule has 0 saturated heterocycles. The van der Waals surface area contributed by atoms with E-state index < -0.39 is 12.1 Å². The lowest BCUT2D eigenvalue weighted by Gasteiger charge is -2.18. The summed E-state index contributed by atoms with van der Waals surface area (Å²) in [5.74, 6) is -1.01. The van der Waals surface area contributed by atoms with Gasteiger partial charge in [-0.05, 0) is 122 Å². The molecule has 0 heterocycles. The van der Waals surface area contributed by atoms with Crippen molar-refractivity contribution in [1.82, 2.24) is 0 Å². The first-order chi connectivity index (χ1) is 40.5. The molecular formula is C76H126O6. The molecule has 466 valence electrons. The average Bonchev–Trinajstić information content (AvgIpc) is 3.47. The third kappa shape index (κ3) is 66.4. The highest BCUT2D eigenvalue weighted by atomic mass is 16.6. The van der Waals surface area contributed by atoms with Crippen LogP contribution in [0, 0.1) is 0 Å². The average molecular weight is 1140 g/mol. The highest BCUT2D eigenvalue weighted by Gasteiger charge is 2.19. The van der Waals surface area contributed by atoms with E-state index in [-0.39, 0.29) is 31.6 Å². The van der Waals surface area contributed by atoms with E-state index in [0.717, 1.165) is 116 Å². The van der Waals surface area contributed by atoms with Crippen molar-refractivity contribution in [1.29, 1.82) is 0 Å². The zero-order valence-electron chi connectivity index (χ0n) is 53.5. The minimum Gasteiger partial charge on any atom is -0.462 e.